The smallest absolute Gasteiger partial charge is 0.129 e. The van der Waals surface area contributed by atoms with Crippen molar-refractivity contribution in [3.63, 3.8) is 0 Å². The van der Waals surface area contributed by atoms with Crippen LogP contribution >= 0.6 is 0 Å². The number of rotatable bonds is 4. The minimum Gasteiger partial charge on any atom is -0.377 e. The molecule has 1 nitrogen and oxygen atoms in total. The van der Waals surface area contributed by atoms with Crippen molar-refractivity contribution in [1.82, 2.24) is 0 Å². The molecule has 2 atom stereocenters. The summed E-state index contributed by atoms with van der Waals surface area (Å²) in [6.45, 7) is 7.47. The summed E-state index contributed by atoms with van der Waals surface area (Å²) >= 11 is 0. The Labute approximate surface area is 97.8 Å². The van der Waals surface area contributed by atoms with E-state index in [9.17, 15) is 5.11 Å². The fourth-order valence-electron chi connectivity index (χ4n) is 1.80. The molecule has 0 heterocycles. The van der Waals surface area contributed by atoms with Crippen molar-refractivity contribution in [2.75, 3.05) is 0 Å². The quantitative estimate of drug-likeness (QED) is 0.603. The van der Waals surface area contributed by atoms with E-state index in [0.717, 1.165) is 11.1 Å². The molecule has 1 rings (SSSR count). The van der Waals surface area contributed by atoms with Crippen molar-refractivity contribution >= 4 is 0 Å². The molecule has 0 spiro atoms. The van der Waals surface area contributed by atoms with Crippen LogP contribution in [0.2, 0.25) is 0 Å². The molecule has 0 radical (unpaired) electrons. The second-order valence-electron chi connectivity index (χ2n) is 4.38. The predicted octanol–water partition coefficient (Wildman–Crippen LogP) is 2.81. The van der Waals surface area contributed by atoms with Gasteiger partial charge in [-0.3, -0.25) is 0 Å². The van der Waals surface area contributed by atoms with Gasteiger partial charge in [0.1, 0.15) is 5.60 Å². The van der Waals surface area contributed by atoms with Gasteiger partial charge in [-0.1, -0.05) is 48.4 Å². The maximum atomic E-state index is 10.1. The Balaban J connectivity index is 2.91. The topological polar surface area (TPSA) is 20.2 Å². The maximum absolute atomic E-state index is 10.1. The lowest BCUT2D eigenvalue weighted by Gasteiger charge is -2.29. The Morgan fingerprint density at radius 2 is 2.06 bits per heavy atom. The summed E-state index contributed by atoms with van der Waals surface area (Å²) in [5, 5.41) is 10.1. The molecule has 1 N–H and O–H groups in total. The van der Waals surface area contributed by atoms with E-state index in [2.05, 4.69) is 12.5 Å². The highest BCUT2D eigenvalue weighted by atomic mass is 16.3. The lowest BCUT2D eigenvalue weighted by molar-refractivity contribution is 0.0725. The number of terminal acetylenes is 1. The van der Waals surface area contributed by atoms with Crippen molar-refractivity contribution in [3.8, 4) is 12.3 Å². The van der Waals surface area contributed by atoms with Gasteiger partial charge in [-0.25, -0.2) is 0 Å². The average molecular weight is 214 g/mol. The van der Waals surface area contributed by atoms with Crippen molar-refractivity contribution in [2.45, 2.75) is 25.9 Å². The molecule has 0 aromatic heterocycles. The molecule has 1 heteroatoms. The van der Waals surface area contributed by atoms with Crippen LogP contribution in [0.4, 0.5) is 0 Å². The number of aliphatic hydroxyl groups is 1. The predicted molar refractivity (Wildman–Crippen MR) is 67.9 cm³/mol. The molecule has 0 saturated heterocycles. The van der Waals surface area contributed by atoms with Gasteiger partial charge in [-0.05, 0) is 25.8 Å². The molecular weight excluding hydrogens is 196 g/mol. The molecule has 0 amide bonds. The van der Waals surface area contributed by atoms with E-state index in [0.29, 0.717) is 6.42 Å². The SMILES string of the molecule is C#CC(C)(O)C(Cc1ccccc1)C(=C)C. The molecular formula is C15H18O. The highest BCUT2D eigenvalue weighted by Gasteiger charge is 2.30. The Kier molecular flexibility index (Phi) is 3.93. The van der Waals surface area contributed by atoms with E-state index in [-0.39, 0.29) is 5.92 Å². The van der Waals surface area contributed by atoms with Gasteiger partial charge in [-0.2, -0.15) is 0 Å². The third kappa shape index (κ3) is 2.98. The summed E-state index contributed by atoms with van der Waals surface area (Å²) < 4.78 is 0. The first-order valence-corrected chi connectivity index (χ1v) is 5.37. The van der Waals surface area contributed by atoms with Crippen LogP contribution in [-0.2, 0) is 6.42 Å². The van der Waals surface area contributed by atoms with E-state index in [1.54, 1.807) is 6.92 Å². The van der Waals surface area contributed by atoms with Crippen molar-refractivity contribution in [1.29, 1.82) is 0 Å². The second-order valence-corrected chi connectivity index (χ2v) is 4.38. The molecule has 2 unspecified atom stereocenters. The summed E-state index contributed by atoms with van der Waals surface area (Å²) in [5.74, 6) is 2.33. The first-order chi connectivity index (χ1) is 7.47. The van der Waals surface area contributed by atoms with Crippen LogP contribution in [0.25, 0.3) is 0 Å². The van der Waals surface area contributed by atoms with Gasteiger partial charge >= 0.3 is 0 Å². The van der Waals surface area contributed by atoms with E-state index in [1.807, 2.05) is 37.3 Å². The minimum atomic E-state index is -1.14. The monoisotopic (exact) mass is 214 g/mol. The van der Waals surface area contributed by atoms with Gasteiger partial charge in [0.05, 0.1) is 0 Å². The van der Waals surface area contributed by atoms with Crippen LogP contribution in [0.15, 0.2) is 42.5 Å². The van der Waals surface area contributed by atoms with Crippen LogP contribution in [0, 0.1) is 18.3 Å². The molecule has 0 bridgehead atoms. The highest BCUT2D eigenvalue weighted by molar-refractivity contribution is 5.23. The number of hydrogen-bond acceptors (Lipinski definition) is 1. The van der Waals surface area contributed by atoms with Crippen LogP contribution in [-0.4, -0.2) is 10.7 Å². The Morgan fingerprint density at radius 1 is 1.50 bits per heavy atom. The number of hydrogen-bond donors (Lipinski definition) is 1. The van der Waals surface area contributed by atoms with Crippen LogP contribution < -0.4 is 0 Å². The van der Waals surface area contributed by atoms with E-state index in [1.165, 1.54) is 0 Å². The van der Waals surface area contributed by atoms with Crippen LogP contribution in [0.3, 0.4) is 0 Å². The van der Waals surface area contributed by atoms with Crippen molar-refractivity contribution < 1.29 is 5.11 Å². The van der Waals surface area contributed by atoms with Crippen LogP contribution in [0.5, 0.6) is 0 Å². The van der Waals surface area contributed by atoms with Gasteiger partial charge in [0.25, 0.3) is 0 Å². The van der Waals surface area contributed by atoms with E-state index < -0.39 is 5.60 Å². The molecule has 0 aliphatic heterocycles. The van der Waals surface area contributed by atoms with E-state index in [4.69, 9.17) is 6.42 Å². The van der Waals surface area contributed by atoms with Gasteiger partial charge in [0, 0.05) is 5.92 Å². The zero-order valence-electron chi connectivity index (χ0n) is 9.90. The second kappa shape index (κ2) is 5.01. The standard InChI is InChI=1S/C15H18O/c1-5-15(4,16)14(12(2)3)11-13-9-7-6-8-10-13/h1,6-10,14,16H,2,11H2,3-4H3. The first-order valence-electron chi connectivity index (χ1n) is 5.37. The molecule has 0 aliphatic rings. The average Bonchev–Trinajstić information content (AvgIpc) is 2.26. The van der Waals surface area contributed by atoms with Gasteiger partial charge in [-0.15, -0.1) is 6.42 Å². The third-order valence-corrected chi connectivity index (χ3v) is 2.85. The zero-order chi connectivity index (χ0) is 12.2. The van der Waals surface area contributed by atoms with Gasteiger partial charge in [0.2, 0.25) is 0 Å². The molecule has 1 aromatic rings. The molecule has 84 valence electrons. The molecule has 0 aliphatic carbocycles. The third-order valence-electron chi connectivity index (χ3n) is 2.85. The van der Waals surface area contributed by atoms with Gasteiger partial charge in [0.15, 0.2) is 0 Å². The summed E-state index contributed by atoms with van der Waals surface area (Å²) in [6.07, 6.45) is 6.07. The fourth-order valence-corrected chi connectivity index (χ4v) is 1.80. The molecule has 1 aromatic carbocycles. The fraction of sp³-hybridized carbons (Fsp3) is 0.333. The zero-order valence-corrected chi connectivity index (χ0v) is 9.90. The molecule has 0 saturated carbocycles. The van der Waals surface area contributed by atoms with Crippen molar-refractivity contribution in [3.05, 3.63) is 48.0 Å². The number of benzene rings is 1. The normalized spacial score (nSPS) is 15.9. The Bertz CT molecular complexity index is 395. The highest BCUT2D eigenvalue weighted by Crippen LogP contribution is 2.27. The first kappa shape index (κ1) is 12.5. The lowest BCUT2D eigenvalue weighted by atomic mass is 9.80. The van der Waals surface area contributed by atoms with E-state index >= 15 is 0 Å². The summed E-state index contributed by atoms with van der Waals surface area (Å²) in [6, 6.07) is 9.99. The molecule has 0 fully saturated rings. The maximum Gasteiger partial charge on any atom is 0.129 e. The largest absolute Gasteiger partial charge is 0.377 e. The van der Waals surface area contributed by atoms with Crippen molar-refractivity contribution in [2.24, 2.45) is 5.92 Å². The Hall–Kier alpha value is -1.52. The van der Waals surface area contributed by atoms with Crippen LogP contribution in [0.1, 0.15) is 19.4 Å². The van der Waals surface area contributed by atoms with Gasteiger partial charge < -0.3 is 5.11 Å². The minimum absolute atomic E-state index is 0.111. The summed E-state index contributed by atoms with van der Waals surface area (Å²) in [5.41, 5.74) is 0.930. The molecule has 16 heavy (non-hydrogen) atoms. The summed E-state index contributed by atoms with van der Waals surface area (Å²) in [7, 11) is 0. The summed E-state index contributed by atoms with van der Waals surface area (Å²) in [4.78, 5) is 0. The lowest BCUT2D eigenvalue weighted by Crippen LogP contribution is -2.34. The Morgan fingerprint density at radius 3 is 2.50 bits per heavy atom.